The molecule has 3 aromatic rings. The molecule has 0 saturated carbocycles. The Hall–Kier alpha value is -2.61. The van der Waals surface area contributed by atoms with Crippen LogP contribution in [0.1, 0.15) is 25.3 Å². The molecule has 148 valence electrons. The zero-order valence-corrected chi connectivity index (χ0v) is 15.8. The number of rotatable bonds is 4. The van der Waals surface area contributed by atoms with Crippen molar-refractivity contribution in [1.29, 1.82) is 0 Å². The van der Waals surface area contributed by atoms with Crippen LogP contribution in [0, 0.1) is 11.9 Å². The molecule has 5 nitrogen and oxygen atoms in total. The van der Waals surface area contributed by atoms with Crippen LogP contribution in [-0.4, -0.2) is 46.0 Å². The fraction of sp³-hybridized carbons (Fsp3) is 0.400. The minimum atomic E-state index is -1.54. The summed E-state index contributed by atoms with van der Waals surface area (Å²) in [6.07, 6.45) is 3.84. The molecule has 0 N–H and O–H groups in total. The Balaban J connectivity index is 1.87. The lowest BCUT2D eigenvalue weighted by molar-refractivity contribution is 0.0640. The van der Waals surface area contributed by atoms with Gasteiger partial charge in [0, 0.05) is 48.6 Å². The van der Waals surface area contributed by atoms with Crippen LogP contribution >= 0.6 is 0 Å². The highest BCUT2D eigenvalue weighted by atomic mass is 19.1. The first-order chi connectivity index (χ1) is 13.4. The van der Waals surface area contributed by atoms with Gasteiger partial charge in [0.2, 0.25) is 11.9 Å². The highest BCUT2D eigenvalue weighted by Gasteiger charge is 2.38. The van der Waals surface area contributed by atoms with Crippen LogP contribution in [0.2, 0.25) is 0 Å². The molecular formula is C20H21F3N4O. The molecule has 0 aliphatic carbocycles. The minimum Gasteiger partial charge on any atom is -0.493 e. The van der Waals surface area contributed by atoms with E-state index in [1.54, 1.807) is 16.7 Å². The third kappa shape index (κ3) is 3.32. The average molecular weight is 390 g/mol. The third-order valence-electron chi connectivity index (χ3n) is 5.23. The van der Waals surface area contributed by atoms with E-state index in [0.717, 1.165) is 12.1 Å². The summed E-state index contributed by atoms with van der Waals surface area (Å²) in [4.78, 5) is 9.51. The highest BCUT2D eigenvalue weighted by Crippen LogP contribution is 2.42. The molecular weight excluding hydrogens is 369 g/mol. The lowest BCUT2D eigenvalue weighted by Crippen LogP contribution is -2.38. The fourth-order valence-electron chi connectivity index (χ4n) is 3.69. The van der Waals surface area contributed by atoms with Crippen LogP contribution in [-0.2, 0) is 5.67 Å². The molecule has 0 amide bonds. The molecule has 1 aliphatic rings. The Labute approximate surface area is 160 Å². The van der Waals surface area contributed by atoms with E-state index in [0.29, 0.717) is 55.2 Å². The van der Waals surface area contributed by atoms with Gasteiger partial charge in [-0.25, -0.2) is 9.37 Å². The van der Waals surface area contributed by atoms with Crippen molar-refractivity contribution in [2.45, 2.75) is 25.4 Å². The molecule has 4 heterocycles. The number of piperidine rings is 1. The van der Waals surface area contributed by atoms with Gasteiger partial charge in [0.1, 0.15) is 17.1 Å². The van der Waals surface area contributed by atoms with Crippen LogP contribution in [0.15, 0.2) is 30.6 Å². The number of imidazole rings is 1. The van der Waals surface area contributed by atoms with Gasteiger partial charge in [-0.05, 0) is 26.8 Å². The molecule has 1 saturated heterocycles. The van der Waals surface area contributed by atoms with Gasteiger partial charge in [-0.15, -0.1) is 0 Å². The second-order valence-corrected chi connectivity index (χ2v) is 7.13. The first-order valence-corrected chi connectivity index (χ1v) is 9.25. The Morgan fingerprint density at radius 1 is 1.14 bits per heavy atom. The molecule has 0 radical (unpaired) electrons. The van der Waals surface area contributed by atoms with Crippen molar-refractivity contribution in [1.82, 2.24) is 19.3 Å². The van der Waals surface area contributed by atoms with E-state index in [1.807, 2.05) is 14.0 Å². The van der Waals surface area contributed by atoms with Crippen molar-refractivity contribution in [3.63, 3.8) is 0 Å². The highest BCUT2D eigenvalue weighted by molar-refractivity contribution is 5.65. The van der Waals surface area contributed by atoms with Gasteiger partial charge in [0.05, 0.1) is 18.5 Å². The molecule has 3 aromatic heterocycles. The van der Waals surface area contributed by atoms with E-state index in [4.69, 9.17) is 4.74 Å². The van der Waals surface area contributed by atoms with Crippen molar-refractivity contribution < 1.29 is 17.9 Å². The lowest BCUT2D eigenvalue weighted by Gasteiger charge is -2.35. The first kappa shape index (κ1) is 18.7. The standard InChI is InChI=1S/C20H21F3N4O/c1-3-28-16-10-19-24-11-15(13-8-17(21)25-18(22)9-13)27(19)12-14(16)20(23)4-6-26(2)7-5-20/h8-12H,3-7H2,1-2H3. The Morgan fingerprint density at radius 2 is 1.82 bits per heavy atom. The van der Waals surface area contributed by atoms with Gasteiger partial charge >= 0.3 is 0 Å². The monoisotopic (exact) mass is 390 g/mol. The van der Waals surface area contributed by atoms with E-state index < -0.39 is 17.6 Å². The number of aromatic nitrogens is 3. The van der Waals surface area contributed by atoms with Crippen LogP contribution in [0.4, 0.5) is 13.2 Å². The van der Waals surface area contributed by atoms with Crippen molar-refractivity contribution in [2.75, 3.05) is 26.7 Å². The molecule has 0 spiro atoms. The van der Waals surface area contributed by atoms with Gasteiger partial charge in [0.25, 0.3) is 0 Å². The lowest BCUT2D eigenvalue weighted by atomic mass is 9.86. The number of nitrogens with zero attached hydrogens (tertiary/aromatic N) is 4. The first-order valence-electron chi connectivity index (χ1n) is 9.25. The van der Waals surface area contributed by atoms with Crippen molar-refractivity contribution in [3.8, 4) is 17.0 Å². The molecule has 8 heteroatoms. The smallest absolute Gasteiger partial charge is 0.216 e. The van der Waals surface area contributed by atoms with Crippen LogP contribution in [0.25, 0.3) is 16.9 Å². The van der Waals surface area contributed by atoms with Gasteiger partial charge < -0.3 is 9.64 Å². The van der Waals surface area contributed by atoms with Crippen molar-refractivity contribution in [2.24, 2.45) is 0 Å². The van der Waals surface area contributed by atoms with Gasteiger partial charge in [-0.2, -0.15) is 13.8 Å². The normalized spacial score (nSPS) is 17.2. The summed E-state index contributed by atoms with van der Waals surface area (Å²) in [5.74, 6) is -1.40. The summed E-state index contributed by atoms with van der Waals surface area (Å²) in [6, 6.07) is 3.93. The quantitative estimate of drug-likeness (QED) is 0.633. The molecule has 0 bridgehead atoms. The molecule has 0 aromatic carbocycles. The Kier molecular flexibility index (Phi) is 4.74. The summed E-state index contributed by atoms with van der Waals surface area (Å²) in [5, 5.41) is 0. The maximum absolute atomic E-state index is 15.9. The molecule has 0 atom stereocenters. The van der Waals surface area contributed by atoms with E-state index in [-0.39, 0.29) is 5.56 Å². The summed E-state index contributed by atoms with van der Waals surface area (Å²) in [7, 11) is 1.97. The second-order valence-electron chi connectivity index (χ2n) is 7.13. The molecule has 0 unspecified atom stereocenters. The van der Waals surface area contributed by atoms with E-state index >= 15 is 4.39 Å². The largest absolute Gasteiger partial charge is 0.493 e. The number of ether oxygens (including phenoxy) is 1. The van der Waals surface area contributed by atoms with E-state index in [2.05, 4.69) is 14.9 Å². The maximum atomic E-state index is 15.9. The molecule has 1 fully saturated rings. The number of pyridine rings is 2. The SMILES string of the molecule is CCOc1cc2ncc(-c3cc(F)nc(F)c3)n2cc1C1(F)CCN(C)CC1. The summed E-state index contributed by atoms with van der Waals surface area (Å²) in [6.45, 7) is 3.51. The number of likely N-dealkylation sites (tertiary alicyclic amines) is 1. The van der Waals surface area contributed by atoms with E-state index in [1.165, 1.54) is 6.20 Å². The van der Waals surface area contributed by atoms with Crippen LogP contribution in [0.5, 0.6) is 5.75 Å². The summed E-state index contributed by atoms with van der Waals surface area (Å²) in [5.41, 5.74) is 0.141. The van der Waals surface area contributed by atoms with Crippen LogP contribution < -0.4 is 4.74 Å². The Morgan fingerprint density at radius 3 is 2.46 bits per heavy atom. The topological polar surface area (TPSA) is 42.7 Å². The molecule has 1 aliphatic heterocycles. The van der Waals surface area contributed by atoms with E-state index in [9.17, 15) is 8.78 Å². The summed E-state index contributed by atoms with van der Waals surface area (Å²) < 4.78 is 50.4. The minimum absolute atomic E-state index is 0.281. The van der Waals surface area contributed by atoms with Crippen molar-refractivity contribution >= 4 is 5.65 Å². The predicted octanol–water partition coefficient (Wildman–Crippen LogP) is 3.96. The third-order valence-corrected chi connectivity index (χ3v) is 5.23. The van der Waals surface area contributed by atoms with Crippen LogP contribution in [0.3, 0.4) is 0 Å². The zero-order chi connectivity index (χ0) is 19.9. The second kappa shape index (κ2) is 7.09. The summed E-state index contributed by atoms with van der Waals surface area (Å²) >= 11 is 0. The zero-order valence-electron chi connectivity index (χ0n) is 15.8. The average Bonchev–Trinajstić information content (AvgIpc) is 3.06. The van der Waals surface area contributed by atoms with Crippen molar-refractivity contribution in [3.05, 3.63) is 48.1 Å². The van der Waals surface area contributed by atoms with Gasteiger partial charge in [-0.1, -0.05) is 0 Å². The predicted molar refractivity (Wildman–Crippen MR) is 99.0 cm³/mol. The fourth-order valence-corrected chi connectivity index (χ4v) is 3.69. The number of hydrogen-bond donors (Lipinski definition) is 0. The number of fused-ring (bicyclic) bond motifs is 1. The van der Waals surface area contributed by atoms with Gasteiger partial charge in [0.15, 0.2) is 0 Å². The molecule has 4 rings (SSSR count). The number of hydrogen-bond acceptors (Lipinski definition) is 4. The number of halogens is 3. The Bertz CT molecular complexity index is 992. The molecule has 28 heavy (non-hydrogen) atoms. The number of alkyl halides is 1. The van der Waals surface area contributed by atoms with Gasteiger partial charge in [-0.3, -0.25) is 4.40 Å². The maximum Gasteiger partial charge on any atom is 0.216 e.